The van der Waals surface area contributed by atoms with Gasteiger partial charge in [0.25, 0.3) is 0 Å². The summed E-state index contributed by atoms with van der Waals surface area (Å²) < 4.78 is 0. The summed E-state index contributed by atoms with van der Waals surface area (Å²) in [5, 5.41) is 8.89. The predicted octanol–water partition coefficient (Wildman–Crippen LogP) is -3.40. The number of rotatable bonds is 0. The second-order valence-electron chi connectivity index (χ2n) is 0.492. The fourth-order valence-corrected chi connectivity index (χ4v) is 0. The average molecular weight is 155 g/mol. The van der Waals surface area contributed by atoms with Gasteiger partial charge in [0.15, 0.2) is 0 Å². The van der Waals surface area contributed by atoms with Crippen LogP contribution < -0.4 is 34.7 Å². The molecule has 0 saturated carbocycles. The van der Waals surface area contributed by atoms with E-state index in [1.54, 1.807) is 0 Å². The first-order valence-corrected chi connectivity index (χ1v) is 0.908. The molecule has 2 nitrogen and oxygen atoms in total. The monoisotopic (exact) mass is 154 g/mol. The zero-order valence-electron chi connectivity index (χ0n) is 4.13. The van der Waals surface area contributed by atoms with Gasteiger partial charge in [-0.3, -0.25) is 0 Å². The smallest absolute Gasteiger partial charge is 0.550 e. The molecule has 0 aliphatic rings. The SMILES string of the molecule is CC(=O)[O-].Cl.Cl.[Na+]. The summed E-state index contributed by atoms with van der Waals surface area (Å²) in [6.07, 6.45) is 0. The molecule has 0 aliphatic carbocycles. The first-order valence-electron chi connectivity index (χ1n) is 0.908. The van der Waals surface area contributed by atoms with Gasteiger partial charge in [0.05, 0.1) is 0 Å². The number of carboxylic acid groups (broad SMARTS) is 1. The fraction of sp³-hybridized carbons (Fsp3) is 0.500. The van der Waals surface area contributed by atoms with Crippen LogP contribution in [-0.2, 0) is 4.79 Å². The minimum atomic E-state index is -1.08. The van der Waals surface area contributed by atoms with E-state index < -0.39 is 5.97 Å². The Morgan fingerprint density at radius 1 is 1.43 bits per heavy atom. The molecule has 0 atom stereocenters. The topological polar surface area (TPSA) is 40.1 Å². The van der Waals surface area contributed by atoms with Crippen molar-refractivity contribution in [3.05, 3.63) is 0 Å². The maximum Gasteiger partial charge on any atom is 1.00 e. The standard InChI is InChI=1S/C2H4O2.2ClH.Na/c1-2(3)4;;;/h1H3,(H,3,4);2*1H;/q;;;+1/p-1. The molecule has 0 saturated heterocycles. The van der Waals surface area contributed by atoms with Gasteiger partial charge in [0, 0.05) is 5.97 Å². The molecule has 0 aromatic carbocycles. The van der Waals surface area contributed by atoms with Crippen molar-refractivity contribution in [2.45, 2.75) is 6.92 Å². The number of carboxylic acids is 1. The van der Waals surface area contributed by atoms with E-state index in [4.69, 9.17) is 9.90 Å². The molecular formula is C2H5Cl2NaO2. The molecule has 0 heterocycles. The number of hydrogen-bond acceptors (Lipinski definition) is 2. The first kappa shape index (κ1) is 24.4. The Morgan fingerprint density at radius 3 is 1.43 bits per heavy atom. The van der Waals surface area contributed by atoms with Crippen molar-refractivity contribution in [3.8, 4) is 0 Å². The van der Waals surface area contributed by atoms with E-state index in [9.17, 15) is 0 Å². The van der Waals surface area contributed by atoms with Crippen molar-refractivity contribution < 1.29 is 39.5 Å². The zero-order chi connectivity index (χ0) is 3.58. The molecule has 5 heteroatoms. The molecule has 0 aliphatic heterocycles. The summed E-state index contributed by atoms with van der Waals surface area (Å²) >= 11 is 0. The summed E-state index contributed by atoms with van der Waals surface area (Å²) in [6.45, 7) is 0.972. The van der Waals surface area contributed by atoms with Crippen molar-refractivity contribution in [2.24, 2.45) is 0 Å². The second kappa shape index (κ2) is 15.7. The summed E-state index contributed by atoms with van der Waals surface area (Å²) in [5.41, 5.74) is 0. The van der Waals surface area contributed by atoms with Gasteiger partial charge in [0.1, 0.15) is 0 Å². The van der Waals surface area contributed by atoms with E-state index in [0.717, 1.165) is 6.92 Å². The number of hydrogen-bond donors (Lipinski definition) is 0. The van der Waals surface area contributed by atoms with Gasteiger partial charge in [0.2, 0.25) is 0 Å². The van der Waals surface area contributed by atoms with Crippen LogP contribution in [-0.4, -0.2) is 5.97 Å². The average Bonchev–Trinajstić information content (AvgIpc) is 0.811. The maximum absolute atomic E-state index is 8.89. The first-order chi connectivity index (χ1) is 1.73. The van der Waals surface area contributed by atoms with Crippen molar-refractivity contribution in [1.29, 1.82) is 0 Å². The van der Waals surface area contributed by atoms with Crippen LogP contribution in [0.1, 0.15) is 6.92 Å². The van der Waals surface area contributed by atoms with E-state index in [2.05, 4.69) is 0 Å². The van der Waals surface area contributed by atoms with Gasteiger partial charge in [-0.1, -0.05) is 0 Å². The quantitative estimate of drug-likeness (QED) is 0.342. The summed E-state index contributed by atoms with van der Waals surface area (Å²) in [7, 11) is 0. The Morgan fingerprint density at radius 2 is 1.43 bits per heavy atom. The largest absolute Gasteiger partial charge is 1.00 e. The normalized spacial score (nSPS) is 3.57. The molecule has 0 spiro atoms. The van der Waals surface area contributed by atoms with Crippen LogP contribution in [0.3, 0.4) is 0 Å². The Hall–Kier alpha value is 1.05. The molecule has 0 N–H and O–H groups in total. The predicted molar refractivity (Wildman–Crippen MR) is 25.2 cm³/mol. The van der Waals surface area contributed by atoms with Gasteiger partial charge in [-0.25, -0.2) is 0 Å². The number of carbonyl (C=O) groups excluding carboxylic acids is 1. The summed E-state index contributed by atoms with van der Waals surface area (Å²) in [5.74, 6) is -1.08. The number of carbonyl (C=O) groups is 1. The number of aliphatic carboxylic acids is 1. The van der Waals surface area contributed by atoms with Crippen LogP contribution in [0.5, 0.6) is 0 Å². The minimum absolute atomic E-state index is 0. The molecule has 0 fully saturated rings. The van der Waals surface area contributed by atoms with Crippen LogP contribution >= 0.6 is 24.8 Å². The Kier molecular flexibility index (Phi) is 54.8. The Labute approximate surface area is 76.8 Å². The molecule has 0 aromatic rings. The molecule has 7 heavy (non-hydrogen) atoms. The third-order valence-electron chi connectivity index (χ3n) is 0. The molecule has 0 aromatic heterocycles. The van der Waals surface area contributed by atoms with E-state index in [1.165, 1.54) is 0 Å². The van der Waals surface area contributed by atoms with E-state index in [-0.39, 0.29) is 54.4 Å². The van der Waals surface area contributed by atoms with E-state index in [0.29, 0.717) is 0 Å². The van der Waals surface area contributed by atoms with Crippen LogP contribution in [0.2, 0.25) is 0 Å². The van der Waals surface area contributed by atoms with Crippen LogP contribution in [0.25, 0.3) is 0 Å². The minimum Gasteiger partial charge on any atom is -0.550 e. The second-order valence-corrected chi connectivity index (χ2v) is 0.492. The van der Waals surface area contributed by atoms with Gasteiger partial charge < -0.3 is 9.90 Å². The maximum atomic E-state index is 8.89. The van der Waals surface area contributed by atoms with Gasteiger partial charge in [-0.15, -0.1) is 24.8 Å². The molecule has 0 bridgehead atoms. The van der Waals surface area contributed by atoms with E-state index >= 15 is 0 Å². The molecular weight excluding hydrogens is 150 g/mol. The molecule has 0 amide bonds. The van der Waals surface area contributed by atoms with Crippen molar-refractivity contribution in [3.63, 3.8) is 0 Å². The van der Waals surface area contributed by atoms with Crippen molar-refractivity contribution in [1.82, 2.24) is 0 Å². The number of halogens is 2. The van der Waals surface area contributed by atoms with Gasteiger partial charge >= 0.3 is 29.6 Å². The van der Waals surface area contributed by atoms with Crippen molar-refractivity contribution in [2.75, 3.05) is 0 Å². The van der Waals surface area contributed by atoms with Crippen LogP contribution in [0.4, 0.5) is 0 Å². The zero-order valence-corrected chi connectivity index (χ0v) is 7.77. The van der Waals surface area contributed by atoms with Crippen molar-refractivity contribution >= 4 is 30.8 Å². The van der Waals surface area contributed by atoms with Gasteiger partial charge in [-0.05, 0) is 6.92 Å². The Bertz CT molecular complexity index is 36.7. The Balaban J connectivity index is -0.0000000150. The summed E-state index contributed by atoms with van der Waals surface area (Å²) in [4.78, 5) is 8.89. The molecule has 40 valence electrons. The summed E-state index contributed by atoms with van der Waals surface area (Å²) in [6, 6.07) is 0. The van der Waals surface area contributed by atoms with Gasteiger partial charge in [-0.2, -0.15) is 0 Å². The van der Waals surface area contributed by atoms with Crippen LogP contribution in [0, 0.1) is 0 Å². The fourth-order valence-electron chi connectivity index (χ4n) is 0. The molecule has 0 rings (SSSR count). The molecule has 0 unspecified atom stereocenters. The third kappa shape index (κ3) is 163. The van der Waals surface area contributed by atoms with Crippen LogP contribution in [0.15, 0.2) is 0 Å². The van der Waals surface area contributed by atoms with E-state index in [1.807, 2.05) is 0 Å². The molecule has 0 radical (unpaired) electrons. The third-order valence-corrected chi connectivity index (χ3v) is 0.